The summed E-state index contributed by atoms with van der Waals surface area (Å²) in [7, 11) is 0. The van der Waals surface area contributed by atoms with Gasteiger partial charge in [-0.3, -0.25) is 9.59 Å². The lowest BCUT2D eigenvalue weighted by molar-refractivity contribution is -0.114. The van der Waals surface area contributed by atoms with Gasteiger partial charge in [0, 0.05) is 12.5 Å². The molecule has 4 nitrogen and oxygen atoms in total. The zero-order chi connectivity index (χ0) is 10.6. The molecule has 0 aliphatic carbocycles. The first-order valence-corrected chi connectivity index (χ1v) is 4.25. The van der Waals surface area contributed by atoms with E-state index in [-0.39, 0.29) is 18.2 Å². The molecule has 1 amide bonds. The Morgan fingerprint density at radius 3 is 2.57 bits per heavy atom. The second kappa shape index (κ2) is 4.53. The Bertz CT molecular complexity index is 361. The van der Waals surface area contributed by atoms with Crippen molar-refractivity contribution in [3.63, 3.8) is 0 Å². The second-order valence-electron chi connectivity index (χ2n) is 2.85. The van der Waals surface area contributed by atoms with Crippen LogP contribution in [0, 0.1) is 0 Å². The smallest absolute Gasteiger partial charge is 0.221 e. The fourth-order valence-corrected chi connectivity index (χ4v) is 1.13. The molecule has 0 bridgehead atoms. The minimum absolute atomic E-state index is 0.0589. The number of carbonyl (C=O) groups is 2. The van der Waals surface area contributed by atoms with E-state index < -0.39 is 0 Å². The highest BCUT2D eigenvalue weighted by molar-refractivity contribution is 6.05. The van der Waals surface area contributed by atoms with Gasteiger partial charge in [0.25, 0.3) is 0 Å². The minimum atomic E-state index is -0.206. The summed E-state index contributed by atoms with van der Waals surface area (Å²) in [6.45, 7) is 1.33. The van der Waals surface area contributed by atoms with E-state index >= 15 is 0 Å². The van der Waals surface area contributed by atoms with E-state index in [1.165, 1.54) is 6.92 Å². The molecule has 74 valence electrons. The highest BCUT2D eigenvalue weighted by Gasteiger charge is 2.09. The number of ketones is 1. The maximum absolute atomic E-state index is 11.3. The van der Waals surface area contributed by atoms with Crippen molar-refractivity contribution in [1.82, 2.24) is 0 Å². The molecule has 0 fully saturated rings. The van der Waals surface area contributed by atoms with Crippen LogP contribution >= 0.6 is 0 Å². The average Bonchev–Trinajstić information content (AvgIpc) is 2.16. The Kier molecular flexibility index (Phi) is 3.36. The van der Waals surface area contributed by atoms with Crippen molar-refractivity contribution in [3.8, 4) is 0 Å². The number of hydrogen-bond acceptors (Lipinski definition) is 3. The van der Waals surface area contributed by atoms with Crippen LogP contribution in [-0.4, -0.2) is 18.2 Å². The van der Waals surface area contributed by atoms with E-state index in [1.807, 2.05) is 0 Å². The summed E-state index contributed by atoms with van der Waals surface area (Å²) in [6.07, 6.45) is 0. The molecule has 0 unspecified atom stereocenters. The number of Topliss-reactive ketones (excluding diaryl/α,β-unsaturated/α-hetero) is 1. The fraction of sp³-hybridized carbons (Fsp3) is 0.200. The number of para-hydroxylation sites is 1. The van der Waals surface area contributed by atoms with Crippen molar-refractivity contribution in [3.05, 3.63) is 29.8 Å². The van der Waals surface area contributed by atoms with Crippen LogP contribution in [0.1, 0.15) is 17.3 Å². The fourth-order valence-electron chi connectivity index (χ4n) is 1.13. The highest BCUT2D eigenvalue weighted by Crippen LogP contribution is 2.14. The van der Waals surface area contributed by atoms with Gasteiger partial charge in [0.05, 0.1) is 12.2 Å². The molecule has 3 N–H and O–H groups in total. The van der Waals surface area contributed by atoms with E-state index in [9.17, 15) is 9.59 Å². The van der Waals surface area contributed by atoms with Gasteiger partial charge in [0.1, 0.15) is 0 Å². The molecule has 0 aliphatic rings. The second-order valence-corrected chi connectivity index (χ2v) is 2.85. The van der Waals surface area contributed by atoms with E-state index in [4.69, 9.17) is 5.73 Å². The quantitative estimate of drug-likeness (QED) is 0.695. The number of benzene rings is 1. The van der Waals surface area contributed by atoms with Crippen molar-refractivity contribution in [1.29, 1.82) is 0 Å². The van der Waals surface area contributed by atoms with Gasteiger partial charge in [-0.2, -0.15) is 0 Å². The summed E-state index contributed by atoms with van der Waals surface area (Å²) in [5.41, 5.74) is 6.20. The van der Waals surface area contributed by atoms with Crippen molar-refractivity contribution < 1.29 is 9.59 Å². The van der Waals surface area contributed by atoms with Crippen LogP contribution in [0.25, 0.3) is 0 Å². The Hall–Kier alpha value is -1.68. The summed E-state index contributed by atoms with van der Waals surface area (Å²) >= 11 is 0. The zero-order valence-corrected chi connectivity index (χ0v) is 7.91. The first-order chi connectivity index (χ1) is 6.65. The Labute approximate surface area is 82.1 Å². The summed E-state index contributed by atoms with van der Waals surface area (Å²) in [4.78, 5) is 22.2. The molecule has 1 aromatic rings. The molecule has 4 heteroatoms. The Balaban J connectivity index is 3.02. The molecule has 1 aromatic carbocycles. The van der Waals surface area contributed by atoms with Crippen molar-refractivity contribution in [2.24, 2.45) is 5.73 Å². The lowest BCUT2D eigenvalue weighted by atomic mass is 10.1. The lowest BCUT2D eigenvalue weighted by Gasteiger charge is -2.07. The third-order valence-corrected chi connectivity index (χ3v) is 1.72. The normalized spacial score (nSPS) is 9.57. The molecule has 14 heavy (non-hydrogen) atoms. The van der Waals surface area contributed by atoms with Crippen molar-refractivity contribution in [2.75, 3.05) is 11.9 Å². The molecule has 0 saturated carbocycles. The van der Waals surface area contributed by atoms with Crippen LogP contribution in [0.4, 0.5) is 5.69 Å². The number of anilines is 1. The van der Waals surface area contributed by atoms with Gasteiger partial charge in [0.15, 0.2) is 5.78 Å². The summed E-state index contributed by atoms with van der Waals surface area (Å²) < 4.78 is 0. The van der Waals surface area contributed by atoms with Gasteiger partial charge in [-0.15, -0.1) is 0 Å². The van der Waals surface area contributed by atoms with E-state index in [2.05, 4.69) is 5.32 Å². The maximum atomic E-state index is 11.3. The molecule has 0 saturated heterocycles. The van der Waals surface area contributed by atoms with Crippen LogP contribution in [0.15, 0.2) is 24.3 Å². The van der Waals surface area contributed by atoms with Crippen LogP contribution in [0.5, 0.6) is 0 Å². The third kappa shape index (κ3) is 2.40. The molecule has 0 radical (unpaired) electrons. The predicted molar refractivity (Wildman–Crippen MR) is 54.1 cm³/mol. The van der Waals surface area contributed by atoms with Gasteiger partial charge < -0.3 is 11.1 Å². The molecule has 0 atom stereocenters. The molecule has 0 heterocycles. The Morgan fingerprint density at radius 1 is 1.36 bits per heavy atom. The highest BCUT2D eigenvalue weighted by atomic mass is 16.1. The number of amides is 1. The molecule has 0 spiro atoms. The summed E-state index contributed by atoms with van der Waals surface area (Å²) in [5, 5.41) is 2.57. The predicted octanol–water partition coefficient (Wildman–Crippen LogP) is 0.786. The van der Waals surface area contributed by atoms with E-state index in [0.29, 0.717) is 11.3 Å². The molecule has 0 aliphatic heterocycles. The van der Waals surface area contributed by atoms with Crippen LogP contribution < -0.4 is 11.1 Å². The van der Waals surface area contributed by atoms with Crippen LogP contribution in [0.3, 0.4) is 0 Å². The number of nitrogens with two attached hydrogens (primary N) is 1. The first kappa shape index (κ1) is 10.4. The van der Waals surface area contributed by atoms with Crippen LogP contribution in [-0.2, 0) is 4.79 Å². The summed E-state index contributed by atoms with van der Waals surface area (Å²) in [5.74, 6) is -0.392. The largest absolute Gasteiger partial charge is 0.326 e. The van der Waals surface area contributed by atoms with E-state index in [0.717, 1.165) is 0 Å². The average molecular weight is 192 g/mol. The van der Waals surface area contributed by atoms with Gasteiger partial charge in [0.2, 0.25) is 5.91 Å². The van der Waals surface area contributed by atoms with Gasteiger partial charge >= 0.3 is 0 Å². The number of hydrogen-bond donors (Lipinski definition) is 2. The maximum Gasteiger partial charge on any atom is 0.221 e. The summed E-state index contributed by atoms with van der Waals surface area (Å²) in [6, 6.07) is 6.79. The van der Waals surface area contributed by atoms with Crippen LogP contribution in [0.2, 0.25) is 0 Å². The molecule has 0 aromatic heterocycles. The topological polar surface area (TPSA) is 72.2 Å². The Morgan fingerprint density at radius 2 is 2.00 bits per heavy atom. The minimum Gasteiger partial charge on any atom is -0.326 e. The lowest BCUT2D eigenvalue weighted by Crippen LogP contribution is -2.17. The van der Waals surface area contributed by atoms with Gasteiger partial charge in [-0.05, 0) is 12.1 Å². The molecular formula is C10H12N2O2. The third-order valence-electron chi connectivity index (χ3n) is 1.72. The molecule has 1 rings (SSSR count). The SMILES string of the molecule is CC(=O)Nc1ccccc1C(=O)CN. The monoisotopic (exact) mass is 192 g/mol. The van der Waals surface area contributed by atoms with Gasteiger partial charge in [-0.25, -0.2) is 0 Å². The molecular weight excluding hydrogens is 180 g/mol. The van der Waals surface area contributed by atoms with Crippen molar-refractivity contribution in [2.45, 2.75) is 6.92 Å². The standard InChI is InChI=1S/C10H12N2O2/c1-7(13)12-9-5-3-2-4-8(9)10(14)6-11/h2-5H,6,11H2,1H3,(H,12,13). The van der Waals surface area contributed by atoms with Crippen molar-refractivity contribution >= 4 is 17.4 Å². The first-order valence-electron chi connectivity index (χ1n) is 4.25. The number of rotatable bonds is 3. The van der Waals surface area contributed by atoms with Gasteiger partial charge in [-0.1, -0.05) is 12.1 Å². The van der Waals surface area contributed by atoms with E-state index in [1.54, 1.807) is 24.3 Å². The zero-order valence-electron chi connectivity index (χ0n) is 7.91. The number of carbonyl (C=O) groups excluding carboxylic acids is 2. The number of nitrogens with one attached hydrogen (secondary N) is 1.